The number of nitrogens with one attached hydrogen (secondary N) is 3. The van der Waals surface area contributed by atoms with Gasteiger partial charge in [0.05, 0.1) is 6.54 Å². The number of carbonyl (C=O) groups is 1. The molecule has 0 spiro atoms. The molecule has 2 heterocycles. The number of hydrogen-bond donors (Lipinski definition) is 3. The summed E-state index contributed by atoms with van der Waals surface area (Å²) in [5, 5.41) is 3.05. The molecular formula is C17H27N3O3+2. The molecule has 6 heteroatoms. The number of benzene rings is 1. The molecule has 0 bridgehead atoms. The molecule has 1 fully saturated rings. The Hall–Kier alpha value is -1.79. The largest absolute Gasteiger partial charge is 0.454 e. The van der Waals surface area contributed by atoms with E-state index in [2.05, 4.69) is 12.2 Å². The third-order valence-electron chi connectivity index (χ3n) is 5.01. The van der Waals surface area contributed by atoms with Gasteiger partial charge >= 0.3 is 0 Å². The highest BCUT2D eigenvalue weighted by molar-refractivity contribution is 5.79. The first-order valence-corrected chi connectivity index (χ1v) is 8.51. The maximum Gasteiger partial charge on any atom is 0.278 e. The third-order valence-corrected chi connectivity index (χ3v) is 5.01. The van der Waals surface area contributed by atoms with Crippen LogP contribution in [-0.4, -0.2) is 51.5 Å². The number of carbonyl (C=O) groups excluding carboxylic acids is 1. The van der Waals surface area contributed by atoms with Gasteiger partial charge in [0.2, 0.25) is 6.79 Å². The van der Waals surface area contributed by atoms with Crippen molar-refractivity contribution in [1.29, 1.82) is 0 Å². The minimum absolute atomic E-state index is 0.00224. The minimum Gasteiger partial charge on any atom is -0.454 e. The molecule has 0 aromatic heterocycles. The van der Waals surface area contributed by atoms with Crippen LogP contribution >= 0.6 is 0 Å². The zero-order chi connectivity index (χ0) is 16.2. The molecule has 0 saturated carbocycles. The molecule has 0 radical (unpaired) electrons. The molecule has 2 aliphatic heterocycles. The second kappa shape index (κ2) is 7.19. The summed E-state index contributed by atoms with van der Waals surface area (Å²) in [6, 6.07) is 5.80. The van der Waals surface area contributed by atoms with Crippen LogP contribution in [0.5, 0.6) is 11.5 Å². The SMILES string of the molecule is CC[NH+]1CC[NH+]([C@@H](C)C(=O)NCc2ccc3c(c2)OCO3)CC1. The molecule has 1 aromatic rings. The summed E-state index contributed by atoms with van der Waals surface area (Å²) in [4.78, 5) is 15.4. The quantitative estimate of drug-likeness (QED) is 0.601. The van der Waals surface area contributed by atoms with Crippen LogP contribution in [-0.2, 0) is 11.3 Å². The van der Waals surface area contributed by atoms with Gasteiger partial charge in [0, 0.05) is 6.54 Å². The van der Waals surface area contributed by atoms with Crippen molar-refractivity contribution in [1.82, 2.24) is 5.32 Å². The van der Waals surface area contributed by atoms with Crippen molar-refractivity contribution in [2.75, 3.05) is 39.5 Å². The molecule has 1 amide bonds. The Labute approximate surface area is 137 Å². The highest BCUT2D eigenvalue weighted by atomic mass is 16.7. The minimum atomic E-state index is 0.00224. The molecule has 6 nitrogen and oxygen atoms in total. The first-order valence-electron chi connectivity index (χ1n) is 8.51. The predicted molar refractivity (Wildman–Crippen MR) is 85.8 cm³/mol. The fourth-order valence-electron chi connectivity index (χ4n) is 3.29. The van der Waals surface area contributed by atoms with Gasteiger partial charge in [-0.05, 0) is 31.5 Å². The fraction of sp³-hybridized carbons (Fsp3) is 0.588. The predicted octanol–water partition coefficient (Wildman–Crippen LogP) is -1.78. The van der Waals surface area contributed by atoms with Crippen LogP contribution < -0.4 is 24.6 Å². The number of fused-ring (bicyclic) bond motifs is 1. The first-order chi connectivity index (χ1) is 11.2. The molecule has 0 unspecified atom stereocenters. The Morgan fingerprint density at radius 1 is 1.22 bits per heavy atom. The lowest BCUT2D eigenvalue weighted by atomic mass is 10.2. The van der Waals surface area contributed by atoms with Crippen LogP contribution in [0.4, 0.5) is 0 Å². The summed E-state index contributed by atoms with van der Waals surface area (Å²) in [5.74, 6) is 1.65. The molecule has 0 aliphatic carbocycles. The molecule has 23 heavy (non-hydrogen) atoms. The lowest BCUT2D eigenvalue weighted by molar-refractivity contribution is -1.02. The lowest BCUT2D eigenvalue weighted by Gasteiger charge is -2.32. The Balaban J connectivity index is 1.49. The van der Waals surface area contributed by atoms with Crippen LogP contribution in [0.15, 0.2) is 18.2 Å². The maximum atomic E-state index is 12.4. The third kappa shape index (κ3) is 3.76. The van der Waals surface area contributed by atoms with Gasteiger partial charge in [0.15, 0.2) is 17.5 Å². The Morgan fingerprint density at radius 2 is 1.96 bits per heavy atom. The van der Waals surface area contributed by atoms with Gasteiger partial charge in [-0.15, -0.1) is 0 Å². The maximum absolute atomic E-state index is 12.4. The van der Waals surface area contributed by atoms with Crippen LogP contribution in [0.3, 0.4) is 0 Å². The standard InChI is InChI=1S/C17H25N3O3/c1-3-19-6-8-20(9-7-19)13(2)17(21)18-11-14-4-5-15-16(10-14)23-12-22-15/h4-5,10,13H,3,6-9,11-12H2,1-2H3,(H,18,21)/p+2/t13-/m0/s1. The molecule has 1 aromatic carbocycles. The van der Waals surface area contributed by atoms with Gasteiger partial charge in [-0.2, -0.15) is 0 Å². The summed E-state index contributed by atoms with van der Waals surface area (Å²) in [6.45, 7) is 10.7. The lowest BCUT2D eigenvalue weighted by Crippen LogP contribution is -3.29. The highest BCUT2D eigenvalue weighted by Gasteiger charge is 2.30. The number of likely N-dealkylation sites (N-methyl/N-ethyl adjacent to an activating group) is 1. The fourth-order valence-corrected chi connectivity index (χ4v) is 3.29. The smallest absolute Gasteiger partial charge is 0.278 e. The van der Waals surface area contributed by atoms with E-state index in [1.54, 1.807) is 4.90 Å². The van der Waals surface area contributed by atoms with Crippen LogP contribution in [0.25, 0.3) is 0 Å². The Bertz CT molecular complexity index is 556. The average Bonchev–Trinajstić information content (AvgIpc) is 3.06. The van der Waals surface area contributed by atoms with Gasteiger partial charge in [-0.1, -0.05) is 6.07 Å². The number of amides is 1. The van der Waals surface area contributed by atoms with Crippen molar-refractivity contribution in [2.24, 2.45) is 0 Å². The van der Waals surface area contributed by atoms with Crippen molar-refractivity contribution in [3.63, 3.8) is 0 Å². The summed E-state index contributed by atoms with van der Waals surface area (Å²) < 4.78 is 10.7. The van der Waals surface area contributed by atoms with E-state index in [1.807, 2.05) is 25.1 Å². The summed E-state index contributed by atoms with van der Waals surface area (Å²) in [7, 11) is 0. The number of quaternary nitrogens is 2. The van der Waals surface area contributed by atoms with E-state index >= 15 is 0 Å². The van der Waals surface area contributed by atoms with Crippen LogP contribution in [0, 0.1) is 0 Å². The first kappa shape index (κ1) is 16.1. The van der Waals surface area contributed by atoms with Gasteiger partial charge in [0.25, 0.3) is 5.91 Å². The molecule has 3 rings (SSSR count). The molecule has 1 atom stereocenters. The van der Waals surface area contributed by atoms with E-state index < -0.39 is 0 Å². The van der Waals surface area contributed by atoms with Crippen molar-refractivity contribution in [3.8, 4) is 11.5 Å². The highest BCUT2D eigenvalue weighted by Crippen LogP contribution is 2.32. The van der Waals surface area contributed by atoms with Gasteiger partial charge < -0.3 is 24.6 Å². The van der Waals surface area contributed by atoms with Gasteiger partial charge in [-0.3, -0.25) is 4.79 Å². The Kier molecular flexibility index (Phi) is 5.03. The van der Waals surface area contributed by atoms with E-state index in [1.165, 1.54) is 11.4 Å². The number of rotatable bonds is 5. The van der Waals surface area contributed by atoms with E-state index in [0.29, 0.717) is 6.54 Å². The summed E-state index contributed by atoms with van der Waals surface area (Å²) >= 11 is 0. The molecule has 3 N–H and O–H groups in total. The molecule has 1 saturated heterocycles. The average molecular weight is 321 g/mol. The van der Waals surface area contributed by atoms with Gasteiger partial charge in [-0.25, -0.2) is 0 Å². The number of piperazine rings is 1. The van der Waals surface area contributed by atoms with Crippen molar-refractivity contribution in [2.45, 2.75) is 26.4 Å². The van der Waals surface area contributed by atoms with Crippen molar-refractivity contribution in [3.05, 3.63) is 23.8 Å². The van der Waals surface area contributed by atoms with Crippen LogP contribution in [0.2, 0.25) is 0 Å². The van der Waals surface area contributed by atoms with Crippen molar-refractivity contribution >= 4 is 5.91 Å². The molecule has 126 valence electrons. The topological polar surface area (TPSA) is 56.4 Å². The molecule has 2 aliphatic rings. The second-order valence-electron chi connectivity index (χ2n) is 6.39. The normalized spacial score (nSPS) is 24.3. The van der Waals surface area contributed by atoms with Crippen molar-refractivity contribution < 1.29 is 24.1 Å². The summed E-state index contributed by atoms with van der Waals surface area (Å²) in [5.41, 5.74) is 1.03. The zero-order valence-corrected chi connectivity index (χ0v) is 14.0. The Morgan fingerprint density at radius 3 is 2.70 bits per heavy atom. The van der Waals surface area contributed by atoms with E-state index in [4.69, 9.17) is 9.47 Å². The van der Waals surface area contributed by atoms with E-state index in [-0.39, 0.29) is 18.7 Å². The van der Waals surface area contributed by atoms with E-state index in [0.717, 1.165) is 43.2 Å². The number of hydrogen-bond acceptors (Lipinski definition) is 3. The summed E-state index contributed by atoms with van der Waals surface area (Å²) in [6.07, 6.45) is 0. The number of ether oxygens (including phenoxy) is 2. The monoisotopic (exact) mass is 321 g/mol. The van der Waals surface area contributed by atoms with E-state index in [9.17, 15) is 4.79 Å². The second-order valence-corrected chi connectivity index (χ2v) is 6.39. The zero-order valence-electron chi connectivity index (χ0n) is 14.0. The van der Waals surface area contributed by atoms with Crippen LogP contribution in [0.1, 0.15) is 19.4 Å². The van der Waals surface area contributed by atoms with Gasteiger partial charge in [0.1, 0.15) is 26.2 Å². The molecular weight excluding hydrogens is 294 g/mol.